The molecule has 182 valence electrons. The van der Waals surface area contributed by atoms with Gasteiger partial charge in [-0.05, 0) is 24.1 Å². The van der Waals surface area contributed by atoms with E-state index in [0.29, 0.717) is 29.5 Å². The quantitative estimate of drug-likeness (QED) is 0.286. The van der Waals surface area contributed by atoms with Crippen LogP contribution in [0.2, 0.25) is 0 Å². The van der Waals surface area contributed by atoms with Crippen LogP contribution in [0.4, 0.5) is 16.4 Å². The summed E-state index contributed by atoms with van der Waals surface area (Å²) in [6.45, 7) is 2.43. The molecule has 0 radical (unpaired) electrons. The predicted molar refractivity (Wildman–Crippen MR) is 135 cm³/mol. The fraction of sp³-hybridized carbons (Fsp3) is 0.174. The SMILES string of the molecule is CC(=O)N1CCc2c(sc(NC(=O)c3cc([N+](=O)[O-])cc([N+](=O)[O-])c3)c2-c2nc3ccccc3s2)C1. The number of rotatable bonds is 5. The number of non-ortho nitro benzene ring substituents is 2. The van der Waals surface area contributed by atoms with Crippen LogP contribution in [0.5, 0.6) is 0 Å². The van der Waals surface area contributed by atoms with E-state index in [4.69, 9.17) is 4.98 Å². The van der Waals surface area contributed by atoms with Gasteiger partial charge in [-0.15, -0.1) is 22.7 Å². The number of nitro benzene ring substituents is 2. The maximum atomic E-state index is 13.2. The van der Waals surface area contributed by atoms with Crippen LogP contribution in [0, 0.1) is 20.2 Å². The van der Waals surface area contributed by atoms with Crippen LogP contribution in [0.3, 0.4) is 0 Å². The summed E-state index contributed by atoms with van der Waals surface area (Å²) in [6.07, 6.45) is 0.578. The Balaban J connectivity index is 1.59. The Morgan fingerprint density at radius 3 is 2.39 bits per heavy atom. The molecule has 2 amide bonds. The Kier molecular flexibility index (Phi) is 5.94. The lowest BCUT2D eigenvalue weighted by molar-refractivity contribution is -0.394. The largest absolute Gasteiger partial charge is 0.337 e. The van der Waals surface area contributed by atoms with Crippen molar-refractivity contribution < 1.29 is 19.4 Å². The van der Waals surface area contributed by atoms with Crippen LogP contribution in [-0.4, -0.2) is 38.1 Å². The highest BCUT2D eigenvalue weighted by atomic mass is 32.1. The van der Waals surface area contributed by atoms with Crippen LogP contribution in [0.25, 0.3) is 20.8 Å². The predicted octanol–water partition coefficient (Wildman–Crippen LogP) is 5.00. The highest BCUT2D eigenvalue weighted by Gasteiger charge is 2.29. The number of nitrogens with one attached hydrogen (secondary N) is 1. The van der Waals surface area contributed by atoms with E-state index in [1.165, 1.54) is 29.6 Å². The van der Waals surface area contributed by atoms with Crippen molar-refractivity contribution in [1.29, 1.82) is 0 Å². The molecular weight excluding hydrogens is 506 g/mol. The standard InChI is InChI=1S/C23H17N5O6S2/c1-12(29)26-7-6-16-19(11-26)36-23(20(16)22-24-17-4-2-3-5-18(17)35-22)25-21(30)13-8-14(27(31)32)10-15(9-13)28(33)34/h2-5,8-10H,6-7,11H2,1H3,(H,25,30). The molecule has 0 saturated carbocycles. The number of carbonyl (C=O) groups is 2. The van der Waals surface area contributed by atoms with Crippen LogP contribution in [-0.2, 0) is 17.8 Å². The van der Waals surface area contributed by atoms with E-state index in [-0.39, 0.29) is 11.5 Å². The number of fused-ring (bicyclic) bond motifs is 2. The number of hydrogen-bond acceptors (Lipinski definition) is 9. The normalized spacial score (nSPS) is 12.9. The number of benzene rings is 2. The fourth-order valence-electron chi connectivity index (χ4n) is 4.08. The summed E-state index contributed by atoms with van der Waals surface area (Å²) in [5.41, 5.74) is 1.23. The molecule has 36 heavy (non-hydrogen) atoms. The van der Waals surface area contributed by atoms with Gasteiger partial charge in [0.05, 0.1) is 38.2 Å². The van der Waals surface area contributed by atoms with Crippen molar-refractivity contribution in [3.05, 3.63) is 78.7 Å². The van der Waals surface area contributed by atoms with Gasteiger partial charge >= 0.3 is 0 Å². The summed E-state index contributed by atoms with van der Waals surface area (Å²) >= 11 is 2.77. The van der Waals surface area contributed by atoms with Crippen LogP contribution in [0.1, 0.15) is 27.7 Å². The number of carbonyl (C=O) groups excluding carboxylic acids is 2. The van der Waals surface area contributed by atoms with Crippen molar-refractivity contribution in [3.63, 3.8) is 0 Å². The smallest absolute Gasteiger partial charge is 0.277 e. The Morgan fingerprint density at radius 1 is 1.06 bits per heavy atom. The summed E-state index contributed by atoms with van der Waals surface area (Å²) in [7, 11) is 0. The first-order valence-corrected chi connectivity index (χ1v) is 12.4. The van der Waals surface area contributed by atoms with Crippen molar-refractivity contribution in [2.24, 2.45) is 0 Å². The minimum atomic E-state index is -0.781. The van der Waals surface area contributed by atoms with Crippen LogP contribution in [0.15, 0.2) is 42.5 Å². The van der Waals surface area contributed by atoms with Gasteiger partial charge < -0.3 is 10.2 Å². The summed E-state index contributed by atoms with van der Waals surface area (Å²) in [5.74, 6) is -0.767. The van der Waals surface area contributed by atoms with E-state index >= 15 is 0 Å². The summed E-state index contributed by atoms with van der Waals surface area (Å²) in [6, 6.07) is 10.5. The molecule has 0 unspecified atom stereocenters. The Morgan fingerprint density at radius 2 is 1.75 bits per heavy atom. The Bertz CT molecular complexity index is 1510. The molecule has 3 heterocycles. The van der Waals surface area contributed by atoms with Gasteiger partial charge in [0.2, 0.25) is 5.91 Å². The molecule has 2 aromatic carbocycles. The number of nitro groups is 2. The first-order valence-electron chi connectivity index (χ1n) is 10.7. The lowest BCUT2D eigenvalue weighted by Crippen LogP contribution is -2.33. The maximum absolute atomic E-state index is 13.2. The van der Waals surface area contributed by atoms with Crippen LogP contribution < -0.4 is 5.32 Å². The fourth-order valence-corrected chi connectivity index (χ4v) is 6.45. The second kappa shape index (κ2) is 9.09. The molecule has 4 aromatic rings. The molecule has 0 fully saturated rings. The van der Waals surface area contributed by atoms with Gasteiger partial charge in [0, 0.05) is 36.0 Å². The molecule has 0 spiro atoms. The minimum Gasteiger partial charge on any atom is -0.337 e. The molecule has 11 nitrogen and oxygen atoms in total. The van der Waals surface area contributed by atoms with Gasteiger partial charge in [-0.2, -0.15) is 0 Å². The number of thiophene rings is 1. The molecule has 1 N–H and O–H groups in total. The van der Waals surface area contributed by atoms with E-state index in [9.17, 15) is 29.8 Å². The maximum Gasteiger partial charge on any atom is 0.277 e. The number of thiazole rings is 1. The van der Waals surface area contributed by atoms with Gasteiger partial charge in [0.1, 0.15) is 10.0 Å². The number of amides is 2. The van der Waals surface area contributed by atoms with Crippen molar-refractivity contribution in [2.75, 3.05) is 11.9 Å². The van der Waals surface area contributed by atoms with Gasteiger partial charge in [-0.3, -0.25) is 29.8 Å². The van der Waals surface area contributed by atoms with Crippen molar-refractivity contribution >= 4 is 61.1 Å². The number of anilines is 1. The van der Waals surface area contributed by atoms with Gasteiger partial charge in [0.15, 0.2) is 0 Å². The molecule has 0 atom stereocenters. The zero-order chi connectivity index (χ0) is 25.6. The molecule has 1 aliphatic heterocycles. The molecule has 2 aromatic heterocycles. The number of para-hydroxylation sites is 1. The number of hydrogen-bond donors (Lipinski definition) is 1. The summed E-state index contributed by atoms with van der Waals surface area (Å²) < 4.78 is 0.972. The summed E-state index contributed by atoms with van der Waals surface area (Å²) in [5, 5.41) is 26.5. The zero-order valence-corrected chi connectivity index (χ0v) is 20.4. The monoisotopic (exact) mass is 523 g/mol. The minimum absolute atomic E-state index is 0.0509. The van der Waals surface area contributed by atoms with Gasteiger partial charge in [-0.1, -0.05) is 12.1 Å². The third kappa shape index (κ3) is 4.29. The molecule has 0 saturated heterocycles. The summed E-state index contributed by atoms with van der Waals surface area (Å²) in [4.78, 5) is 53.5. The number of aromatic nitrogens is 1. The molecule has 0 aliphatic carbocycles. The van der Waals surface area contributed by atoms with E-state index in [1.54, 1.807) is 4.90 Å². The lowest BCUT2D eigenvalue weighted by Gasteiger charge is -2.26. The number of nitrogens with zero attached hydrogens (tertiary/aromatic N) is 4. The first kappa shape index (κ1) is 23.5. The first-order chi connectivity index (χ1) is 17.2. The van der Waals surface area contributed by atoms with Crippen molar-refractivity contribution in [2.45, 2.75) is 19.9 Å². The molecule has 1 aliphatic rings. The average Bonchev–Trinajstić information content (AvgIpc) is 3.43. The van der Waals surface area contributed by atoms with E-state index < -0.39 is 27.1 Å². The topological polar surface area (TPSA) is 149 Å². The Labute approximate surface area is 211 Å². The van der Waals surface area contributed by atoms with E-state index in [0.717, 1.165) is 44.4 Å². The third-order valence-electron chi connectivity index (χ3n) is 5.82. The van der Waals surface area contributed by atoms with Crippen molar-refractivity contribution in [3.8, 4) is 10.6 Å². The molecule has 0 bridgehead atoms. The van der Waals surface area contributed by atoms with E-state index in [2.05, 4.69) is 5.32 Å². The van der Waals surface area contributed by atoms with Gasteiger partial charge in [-0.25, -0.2) is 4.98 Å². The van der Waals surface area contributed by atoms with E-state index in [1.807, 2.05) is 24.3 Å². The lowest BCUT2D eigenvalue weighted by atomic mass is 10.0. The molecular formula is C23H17N5O6S2. The second-order valence-corrected chi connectivity index (χ2v) is 10.2. The van der Waals surface area contributed by atoms with Crippen molar-refractivity contribution in [1.82, 2.24) is 9.88 Å². The highest BCUT2D eigenvalue weighted by Crippen LogP contribution is 2.46. The second-order valence-electron chi connectivity index (χ2n) is 8.09. The third-order valence-corrected chi connectivity index (χ3v) is 8.01. The van der Waals surface area contributed by atoms with Crippen LogP contribution >= 0.6 is 22.7 Å². The van der Waals surface area contributed by atoms with Gasteiger partial charge in [0.25, 0.3) is 17.3 Å². The zero-order valence-electron chi connectivity index (χ0n) is 18.7. The molecule has 13 heteroatoms. The highest BCUT2D eigenvalue weighted by molar-refractivity contribution is 7.23. The average molecular weight is 524 g/mol. The molecule has 5 rings (SSSR count). The Hall–Kier alpha value is -4.23.